The number of H-pyrrole nitrogens is 1. The van der Waals surface area contributed by atoms with Crippen molar-refractivity contribution in [2.75, 3.05) is 12.4 Å². The number of aromatic nitrogens is 2. The average Bonchev–Trinajstić information content (AvgIpc) is 3.06. The highest BCUT2D eigenvalue weighted by Gasteiger charge is 2.24. The van der Waals surface area contributed by atoms with Gasteiger partial charge in [0.25, 0.3) is 5.91 Å². The third-order valence-corrected chi connectivity index (χ3v) is 4.01. The number of methoxy groups -OCH3 is 1. The minimum absolute atomic E-state index is 0.141. The quantitative estimate of drug-likeness (QED) is 0.670. The molecule has 3 rings (SSSR count). The van der Waals surface area contributed by atoms with Crippen LogP contribution in [0, 0.1) is 6.92 Å². The first-order valence-corrected chi connectivity index (χ1v) is 7.31. The SMILES string of the molecule is COC(=O)CCc1c[nH]c(C=C2C(=O)Nc3cnccc32)c1C. The number of aromatic amines is 1. The van der Waals surface area contributed by atoms with Crippen molar-refractivity contribution in [2.24, 2.45) is 0 Å². The largest absolute Gasteiger partial charge is 0.469 e. The fraction of sp³-hybridized carbons (Fsp3) is 0.235. The number of rotatable bonds is 4. The molecule has 0 atom stereocenters. The van der Waals surface area contributed by atoms with E-state index in [-0.39, 0.29) is 11.9 Å². The van der Waals surface area contributed by atoms with Gasteiger partial charge in [0.05, 0.1) is 24.6 Å². The maximum absolute atomic E-state index is 12.1. The Morgan fingerprint density at radius 2 is 2.26 bits per heavy atom. The molecule has 0 aromatic carbocycles. The maximum Gasteiger partial charge on any atom is 0.305 e. The number of hydrogen-bond acceptors (Lipinski definition) is 4. The molecule has 0 radical (unpaired) electrons. The molecule has 0 fully saturated rings. The van der Waals surface area contributed by atoms with Crippen LogP contribution in [0.5, 0.6) is 0 Å². The highest BCUT2D eigenvalue weighted by atomic mass is 16.5. The lowest BCUT2D eigenvalue weighted by molar-refractivity contribution is -0.140. The van der Waals surface area contributed by atoms with E-state index >= 15 is 0 Å². The second-order valence-corrected chi connectivity index (χ2v) is 5.36. The Bertz CT molecular complexity index is 805. The maximum atomic E-state index is 12.1. The van der Waals surface area contributed by atoms with Gasteiger partial charge in [0.2, 0.25) is 0 Å². The lowest BCUT2D eigenvalue weighted by atomic mass is 10.0. The van der Waals surface area contributed by atoms with E-state index in [9.17, 15) is 9.59 Å². The molecule has 2 N–H and O–H groups in total. The van der Waals surface area contributed by atoms with E-state index in [2.05, 4.69) is 20.0 Å². The lowest BCUT2D eigenvalue weighted by Gasteiger charge is -2.01. The summed E-state index contributed by atoms with van der Waals surface area (Å²) in [6.45, 7) is 1.97. The van der Waals surface area contributed by atoms with Gasteiger partial charge in [-0.2, -0.15) is 0 Å². The van der Waals surface area contributed by atoms with Crippen molar-refractivity contribution in [3.05, 3.63) is 47.0 Å². The Labute approximate surface area is 133 Å². The highest BCUT2D eigenvalue weighted by Crippen LogP contribution is 2.32. The normalized spacial score (nSPS) is 14.7. The van der Waals surface area contributed by atoms with Crippen LogP contribution in [0.25, 0.3) is 11.6 Å². The molecule has 2 aromatic heterocycles. The summed E-state index contributed by atoms with van der Waals surface area (Å²) in [5.41, 5.74) is 5.09. The van der Waals surface area contributed by atoms with Gasteiger partial charge >= 0.3 is 5.97 Å². The number of esters is 1. The van der Waals surface area contributed by atoms with Crippen molar-refractivity contribution in [3.8, 4) is 0 Å². The van der Waals surface area contributed by atoms with Crippen LogP contribution < -0.4 is 5.32 Å². The average molecular weight is 311 g/mol. The van der Waals surface area contributed by atoms with Crippen molar-refractivity contribution in [2.45, 2.75) is 19.8 Å². The minimum atomic E-state index is -0.234. The molecule has 1 aliphatic heterocycles. The van der Waals surface area contributed by atoms with Crippen LogP contribution in [-0.2, 0) is 20.7 Å². The van der Waals surface area contributed by atoms with Gasteiger partial charge in [0.1, 0.15) is 0 Å². The summed E-state index contributed by atoms with van der Waals surface area (Å²) in [6.07, 6.45) is 7.93. The van der Waals surface area contributed by atoms with Crippen LogP contribution in [0.3, 0.4) is 0 Å². The number of carbonyl (C=O) groups excluding carboxylic acids is 2. The van der Waals surface area contributed by atoms with Gasteiger partial charge in [-0.1, -0.05) is 0 Å². The molecule has 2 aromatic rings. The number of amides is 1. The monoisotopic (exact) mass is 311 g/mol. The fourth-order valence-electron chi connectivity index (χ4n) is 2.63. The molecule has 1 aliphatic rings. The number of aryl methyl sites for hydroxylation is 1. The van der Waals surface area contributed by atoms with Crippen LogP contribution >= 0.6 is 0 Å². The predicted octanol–water partition coefficient (Wildman–Crippen LogP) is 2.32. The predicted molar refractivity (Wildman–Crippen MR) is 86.6 cm³/mol. The smallest absolute Gasteiger partial charge is 0.305 e. The first-order chi connectivity index (χ1) is 11.1. The summed E-state index contributed by atoms with van der Waals surface area (Å²) in [6, 6.07) is 1.81. The van der Waals surface area contributed by atoms with E-state index in [1.165, 1.54) is 7.11 Å². The molecular formula is C17H17N3O3. The number of carbonyl (C=O) groups is 2. The van der Waals surface area contributed by atoms with Crippen molar-refractivity contribution >= 4 is 29.2 Å². The summed E-state index contributed by atoms with van der Waals surface area (Å²) >= 11 is 0. The molecule has 0 unspecified atom stereocenters. The first-order valence-electron chi connectivity index (χ1n) is 7.31. The minimum Gasteiger partial charge on any atom is -0.469 e. The number of pyridine rings is 1. The van der Waals surface area contributed by atoms with Crippen LogP contribution in [0.15, 0.2) is 24.7 Å². The second kappa shape index (κ2) is 6.08. The molecule has 118 valence electrons. The molecule has 0 spiro atoms. The summed E-state index contributed by atoms with van der Waals surface area (Å²) in [5.74, 6) is -0.375. The van der Waals surface area contributed by atoms with Crippen molar-refractivity contribution in [3.63, 3.8) is 0 Å². The summed E-state index contributed by atoms with van der Waals surface area (Å²) in [7, 11) is 1.38. The van der Waals surface area contributed by atoms with E-state index in [1.54, 1.807) is 12.4 Å². The van der Waals surface area contributed by atoms with E-state index in [1.807, 2.05) is 25.3 Å². The van der Waals surface area contributed by atoms with Crippen LogP contribution in [0.2, 0.25) is 0 Å². The molecule has 0 aliphatic carbocycles. The fourth-order valence-corrected chi connectivity index (χ4v) is 2.63. The molecule has 0 saturated carbocycles. The Hall–Kier alpha value is -2.89. The molecule has 23 heavy (non-hydrogen) atoms. The standard InChI is InChI=1S/C17H17N3O3/c1-10-11(3-4-16(21)23-2)8-19-14(10)7-13-12-5-6-18-9-15(12)20-17(13)22/h5-9,19H,3-4H2,1-2H3,(H,20,22). The Morgan fingerprint density at radius 3 is 3.04 bits per heavy atom. The molecule has 0 bridgehead atoms. The van der Waals surface area contributed by atoms with Gasteiger partial charge in [0.15, 0.2) is 0 Å². The van der Waals surface area contributed by atoms with Crippen molar-refractivity contribution < 1.29 is 14.3 Å². The number of anilines is 1. The van der Waals surface area contributed by atoms with Gasteiger partial charge in [-0.15, -0.1) is 0 Å². The van der Waals surface area contributed by atoms with Crippen LogP contribution in [-0.4, -0.2) is 29.0 Å². The Morgan fingerprint density at radius 1 is 1.43 bits per heavy atom. The van der Waals surface area contributed by atoms with Crippen LogP contribution in [0.1, 0.15) is 28.8 Å². The van der Waals surface area contributed by atoms with Crippen molar-refractivity contribution in [1.82, 2.24) is 9.97 Å². The summed E-state index contributed by atoms with van der Waals surface area (Å²) < 4.78 is 4.66. The highest BCUT2D eigenvalue weighted by molar-refractivity contribution is 6.34. The van der Waals surface area contributed by atoms with Gasteiger partial charge in [-0.05, 0) is 36.6 Å². The van der Waals surface area contributed by atoms with Gasteiger partial charge < -0.3 is 15.0 Å². The zero-order valence-electron chi connectivity index (χ0n) is 13.0. The number of hydrogen-bond donors (Lipinski definition) is 2. The van der Waals surface area contributed by atoms with E-state index in [0.29, 0.717) is 18.4 Å². The molecule has 6 heteroatoms. The third-order valence-electron chi connectivity index (χ3n) is 4.01. The molecule has 6 nitrogen and oxygen atoms in total. The first kappa shape index (κ1) is 15.0. The Kier molecular flexibility index (Phi) is 3.97. The van der Waals surface area contributed by atoms with Gasteiger partial charge in [-0.25, -0.2) is 0 Å². The zero-order chi connectivity index (χ0) is 16.4. The second-order valence-electron chi connectivity index (χ2n) is 5.36. The van der Waals surface area contributed by atoms with Gasteiger partial charge in [-0.3, -0.25) is 14.6 Å². The molecular weight excluding hydrogens is 294 g/mol. The number of fused-ring (bicyclic) bond motifs is 1. The molecule has 1 amide bonds. The molecule has 3 heterocycles. The third kappa shape index (κ3) is 2.88. The summed E-state index contributed by atoms with van der Waals surface area (Å²) in [4.78, 5) is 30.6. The van der Waals surface area contributed by atoms with Gasteiger partial charge in [0, 0.05) is 30.1 Å². The number of nitrogens with one attached hydrogen (secondary N) is 2. The van der Waals surface area contributed by atoms with Crippen molar-refractivity contribution in [1.29, 1.82) is 0 Å². The number of nitrogens with zero attached hydrogens (tertiary/aromatic N) is 1. The van der Waals surface area contributed by atoms with E-state index in [4.69, 9.17) is 0 Å². The molecule has 0 saturated heterocycles. The van der Waals surface area contributed by atoms with Crippen LogP contribution in [0.4, 0.5) is 5.69 Å². The number of ether oxygens (including phenoxy) is 1. The van der Waals surface area contributed by atoms with E-state index in [0.717, 1.165) is 28.1 Å². The van der Waals surface area contributed by atoms with E-state index < -0.39 is 0 Å². The zero-order valence-corrected chi connectivity index (χ0v) is 13.0. The summed E-state index contributed by atoms with van der Waals surface area (Å²) in [5, 5.41) is 2.80. The topological polar surface area (TPSA) is 84.1 Å². The Balaban J connectivity index is 1.87. The lowest BCUT2D eigenvalue weighted by Crippen LogP contribution is -2.03.